The van der Waals surface area contributed by atoms with E-state index in [0.717, 1.165) is 28.0 Å². The molecule has 0 saturated carbocycles. The quantitative estimate of drug-likeness (QED) is 0.494. The average molecular weight is 410 g/mol. The maximum Gasteiger partial charge on any atom is 0.322 e. The van der Waals surface area contributed by atoms with Crippen LogP contribution in [0.15, 0.2) is 41.7 Å². The van der Waals surface area contributed by atoms with Gasteiger partial charge in [0.05, 0.1) is 36.5 Å². The van der Waals surface area contributed by atoms with E-state index in [9.17, 15) is 4.55 Å². The summed E-state index contributed by atoms with van der Waals surface area (Å²) < 4.78 is 29.6. The van der Waals surface area contributed by atoms with Crippen LogP contribution in [0.1, 0.15) is 11.3 Å². The van der Waals surface area contributed by atoms with Gasteiger partial charge in [-0.2, -0.15) is 4.98 Å². The molecule has 7 nitrogen and oxygen atoms in total. The van der Waals surface area contributed by atoms with Crippen LogP contribution in [0, 0.1) is 6.92 Å². The van der Waals surface area contributed by atoms with Crippen molar-refractivity contribution in [3.05, 3.63) is 47.8 Å². The molecule has 0 bridgehead atoms. The van der Waals surface area contributed by atoms with Crippen molar-refractivity contribution in [2.75, 3.05) is 26.4 Å². The Kier molecular flexibility index (Phi) is 7.76. The molecule has 9 heteroatoms. The van der Waals surface area contributed by atoms with E-state index in [2.05, 4.69) is 15.0 Å². The SMILES string of the molecule is Cc1c(OCC2COCCO2)ccnc1C[S+]([O-])c1nc2ccccc2[nH]1.[Na]. The first kappa shape index (κ1) is 21.6. The number of benzene rings is 1. The van der Waals surface area contributed by atoms with Crippen molar-refractivity contribution >= 4 is 51.8 Å². The molecule has 0 spiro atoms. The van der Waals surface area contributed by atoms with Crippen LogP contribution in [-0.4, -0.2) is 81.6 Å². The van der Waals surface area contributed by atoms with Gasteiger partial charge in [0.15, 0.2) is 5.75 Å². The van der Waals surface area contributed by atoms with Crippen LogP contribution in [0.25, 0.3) is 11.0 Å². The number of ether oxygens (including phenoxy) is 3. The topological polar surface area (TPSA) is 92.3 Å². The van der Waals surface area contributed by atoms with Crippen molar-refractivity contribution in [1.29, 1.82) is 0 Å². The molecule has 1 saturated heterocycles. The fraction of sp³-hybridized carbons (Fsp3) is 0.368. The Morgan fingerprint density at radius 1 is 1.29 bits per heavy atom. The van der Waals surface area contributed by atoms with Crippen LogP contribution in [0.4, 0.5) is 0 Å². The van der Waals surface area contributed by atoms with Crippen LogP contribution in [0.2, 0.25) is 0 Å². The van der Waals surface area contributed by atoms with Gasteiger partial charge in [-0.25, -0.2) is 0 Å². The van der Waals surface area contributed by atoms with Crippen LogP contribution in [0.5, 0.6) is 5.75 Å². The Bertz CT molecular complexity index is 884. The molecule has 4 rings (SSSR count). The van der Waals surface area contributed by atoms with Gasteiger partial charge in [0, 0.05) is 52.5 Å². The second kappa shape index (κ2) is 10.1. The molecule has 1 aliphatic rings. The summed E-state index contributed by atoms with van der Waals surface area (Å²) in [4.78, 5) is 11.9. The zero-order valence-electron chi connectivity index (χ0n) is 16.0. The average Bonchev–Trinajstić information content (AvgIpc) is 3.14. The van der Waals surface area contributed by atoms with E-state index in [1.54, 1.807) is 6.20 Å². The molecule has 3 aromatic rings. The van der Waals surface area contributed by atoms with Crippen molar-refractivity contribution in [3.8, 4) is 5.75 Å². The molecular formula is C19H21N3NaO4S. The van der Waals surface area contributed by atoms with Gasteiger partial charge in [0.25, 0.3) is 0 Å². The first-order chi connectivity index (χ1) is 13.2. The van der Waals surface area contributed by atoms with Gasteiger partial charge in [-0.05, 0) is 25.1 Å². The second-order valence-corrected chi connectivity index (χ2v) is 7.67. The maximum atomic E-state index is 12.8. The van der Waals surface area contributed by atoms with Crippen molar-refractivity contribution in [1.82, 2.24) is 15.0 Å². The number of imidazole rings is 1. The maximum absolute atomic E-state index is 12.8. The number of aromatic nitrogens is 3. The second-order valence-electron chi connectivity index (χ2n) is 6.31. The molecular weight excluding hydrogens is 389 g/mol. The summed E-state index contributed by atoms with van der Waals surface area (Å²) in [7, 11) is 0. The number of pyridine rings is 1. The van der Waals surface area contributed by atoms with Gasteiger partial charge < -0.3 is 18.8 Å². The number of nitrogens with one attached hydrogen (secondary N) is 1. The minimum atomic E-state index is -1.32. The number of hydrogen-bond donors (Lipinski definition) is 1. The summed E-state index contributed by atoms with van der Waals surface area (Å²) in [6.07, 6.45) is 1.60. The van der Waals surface area contributed by atoms with Crippen LogP contribution in [0.3, 0.4) is 0 Å². The summed E-state index contributed by atoms with van der Waals surface area (Å²) in [5.74, 6) is 0.988. The smallest absolute Gasteiger partial charge is 0.322 e. The third-order valence-electron chi connectivity index (χ3n) is 4.42. The van der Waals surface area contributed by atoms with Gasteiger partial charge in [0.2, 0.25) is 0 Å². The zero-order valence-corrected chi connectivity index (χ0v) is 18.8. The number of aromatic amines is 1. The minimum Gasteiger partial charge on any atom is -0.609 e. The molecule has 1 N–H and O–H groups in total. The molecule has 0 amide bonds. The predicted molar refractivity (Wildman–Crippen MR) is 107 cm³/mol. The van der Waals surface area contributed by atoms with Gasteiger partial charge in [-0.1, -0.05) is 12.1 Å². The predicted octanol–water partition coefficient (Wildman–Crippen LogP) is 1.99. The normalized spacial score (nSPS) is 17.9. The van der Waals surface area contributed by atoms with E-state index in [1.165, 1.54) is 0 Å². The first-order valence-corrected chi connectivity index (χ1v) is 10.1. The molecule has 1 radical (unpaired) electrons. The van der Waals surface area contributed by atoms with E-state index >= 15 is 0 Å². The molecule has 3 heterocycles. The molecule has 2 atom stereocenters. The van der Waals surface area contributed by atoms with E-state index in [0.29, 0.717) is 31.6 Å². The third kappa shape index (κ3) is 5.07. The zero-order chi connectivity index (χ0) is 18.6. The fourth-order valence-corrected chi connectivity index (χ4v) is 4.01. The van der Waals surface area contributed by atoms with Gasteiger partial charge in [-0.15, -0.1) is 0 Å². The Hall–Kier alpha value is -1.13. The number of rotatable bonds is 6. The van der Waals surface area contributed by atoms with Gasteiger partial charge in [-0.3, -0.25) is 9.97 Å². The summed E-state index contributed by atoms with van der Waals surface area (Å²) in [6, 6.07) is 9.44. The molecule has 0 aliphatic carbocycles. The third-order valence-corrected chi connectivity index (χ3v) is 5.58. The summed E-state index contributed by atoms with van der Waals surface area (Å²) >= 11 is -1.32. The van der Waals surface area contributed by atoms with Gasteiger partial charge in [0.1, 0.15) is 18.5 Å². The monoisotopic (exact) mass is 410 g/mol. The molecule has 1 aliphatic heterocycles. The van der Waals surface area contributed by atoms with Crippen LogP contribution in [-0.2, 0) is 26.4 Å². The number of H-pyrrole nitrogens is 1. The molecule has 28 heavy (non-hydrogen) atoms. The summed E-state index contributed by atoms with van der Waals surface area (Å²) in [5, 5.41) is 0.455. The number of nitrogens with zero attached hydrogens (tertiary/aromatic N) is 2. The Labute approximate surface area is 188 Å². The molecule has 2 unspecified atom stereocenters. The fourth-order valence-electron chi connectivity index (χ4n) is 2.91. The number of para-hydroxylation sites is 2. The Morgan fingerprint density at radius 2 is 2.14 bits per heavy atom. The van der Waals surface area contributed by atoms with Crippen molar-refractivity contribution in [3.63, 3.8) is 0 Å². The van der Waals surface area contributed by atoms with Crippen molar-refractivity contribution in [2.45, 2.75) is 23.9 Å². The Morgan fingerprint density at radius 3 is 2.93 bits per heavy atom. The van der Waals surface area contributed by atoms with E-state index in [-0.39, 0.29) is 41.4 Å². The number of fused-ring (bicyclic) bond motifs is 1. The minimum absolute atomic E-state index is 0. The summed E-state index contributed by atoms with van der Waals surface area (Å²) in [5.41, 5.74) is 3.28. The summed E-state index contributed by atoms with van der Waals surface area (Å²) in [6.45, 7) is 4.09. The van der Waals surface area contributed by atoms with Crippen LogP contribution < -0.4 is 4.74 Å². The largest absolute Gasteiger partial charge is 0.609 e. The van der Waals surface area contributed by atoms with E-state index < -0.39 is 11.2 Å². The first-order valence-electron chi connectivity index (χ1n) is 8.80. The van der Waals surface area contributed by atoms with Crippen LogP contribution >= 0.6 is 0 Å². The standard InChI is InChI=1S/C19H21N3O4S.Na/c1-13-17(12-27(23)19-21-15-4-2-3-5-16(15)22-19)20-7-6-18(13)26-11-14-10-24-8-9-25-14;/h2-7,14H,8-12H2,1H3,(H,21,22);. The molecule has 2 aromatic heterocycles. The Balaban J connectivity index is 0.00000225. The molecule has 1 fully saturated rings. The van der Waals surface area contributed by atoms with E-state index in [1.807, 2.05) is 37.3 Å². The van der Waals surface area contributed by atoms with Crippen molar-refractivity contribution < 1.29 is 18.8 Å². The van der Waals surface area contributed by atoms with Crippen molar-refractivity contribution in [2.24, 2.45) is 0 Å². The van der Waals surface area contributed by atoms with Gasteiger partial charge >= 0.3 is 5.16 Å². The van der Waals surface area contributed by atoms with E-state index in [4.69, 9.17) is 14.2 Å². The molecule has 1 aromatic carbocycles. The molecule has 143 valence electrons. The number of hydrogen-bond acceptors (Lipinski definition) is 6.